The number of nitrogens with two attached hydrogens (primary N) is 1. The molecule has 0 aliphatic carbocycles. The smallest absolute Gasteiger partial charge is 0.122 e. The van der Waals surface area contributed by atoms with E-state index in [2.05, 4.69) is 38.3 Å². The van der Waals surface area contributed by atoms with Crippen molar-refractivity contribution >= 4 is 5.69 Å². The number of nitriles is 1. The zero-order chi connectivity index (χ0) is 12.3. The molecule has 1 aromatic rings. The molecule has 0 saturated carbocycles. The van der Waals surface area contributed by atoms with Gasteiger partial charge >= 0.3 is 0 Å². The van der Waals surface area contributed by atoms with Crippen molar-refractivity contribution in [1.82, 2.24) is 4.57 Å². The molecule has 0 aliphatic rings. The van der Waals surface area contributed by atoms with Crippen molar-refractivity contribution in [2.24, 2.45) is 5.92 Å². The van der Waals surface area contributed by atoms with E-state index in [0.29, 0.717) is 17.7 Å². The van der Waals surface area contributed by atoms with Gasteiger partial charge in [0.1, 0.15) is 11.8 Å². The summed E-state index contributed by atoms with van der Waals surface area (Å²) in [6.07, 6.45) is 1.94. The van der Waals surface area contributed by atoms with Crippen LogP contribution in [0.5, 0.6) is 0 Å². The van der Waals surface area contributed by atoms with Gasteiger partial charge in [-0.1, -0.05) is 20.8 Å². The molecule has 1 rings (SSSR count). The monoisotopic (exact) mass is 219 g/mol. The quantitative estimate of drug-likeness (QED) is 0.846. The number of nitrogens with zero attached hydrogens (tertiary/aromatic N) is 2. The number of aromatic nitrogens is 1. The Kier molecular flexibility index (Phi) is 4.00. The number of nitrogen functional groups attached to an aromatic ring is 1. The Morgan fingerprint density at radius 1 is 1.44 bits per heavy atom. The van der Waals surface area contributed by atoms with E-state index in [1.54, 1.807) is 6.07 Å². The molecule has 16 heavy (non-hydrogen) atoms. The van der Waals surface area contributed by atoms with Crippen LogP contribution in [0.25, 0.3) is 0 Å². The summed E-state index contributed by atoms with van der Waals surface area (Å²) in [6, 6.07) is 4.36. The van der Waals surface area contributed by atoms with Crippen molar-refractivity contribution in [3.8, 4) is 6.07 Å². The first-order valence-corrected chi connectivity index (χ1v) is 5.90. The number of anilines is 1. The van der Waals surface area contributed by atoms with Gasteiger partial charge in [0.15, 0.2) is 0 Å². The Balaban J connectivity index is 3.24. The zero-order valence-corrected chi connectivity index (χ0v) is 10.6. The number of hydrogen-bond donors (Lipinski definition) is 1. The van der Waals surface area contributed by atoms with Crippen molar-refractivity contribution < 1.29 is 0 Å². The Hall–Kier alpha value is -1.43. The van der Waals surface area contributed by atoms with Crippen molar-refractivity contribution in [1.29, 1.82) is 5.26 Å². The lowest BCUT2D eigenvalue weighted by molar-refractivity contribution is 0.493. The van der Waals surface area contributed by atoms with E-state index in [9.17, 15) is 0 Å². The first-order valence-electron chi connectivity index (χ1n) is 5.90. The molecule has 3 nitrogen and oxygen atoms in total. The minimum Gasteiger partial charge on any atom is -0.397 e. The van der Waals surface area contributed by atoms with E-state index in [1.807, 2.05) is 0 Å². The van der Waals surface area contributed by atoms with Crippen LogP contribution >= 0.6 is 0 Å². The van der Waals surface area contributed by atoms with Crippen LogP contribution in [0.4, 0.5) is 5.69 Å². The first kappa shape index (κ1) is 12.6. The van der Waals surface area contributed by atoms with Crippen molar-refractivity contribution in [3.05, 3.63) is 17.5 Å². The molecule has 0 saturated heterocycles. The highest BCUT2D eigenvalue weighted by molar-refractivity contribution is 5.51. The van der Waals surface area contributed by atoms with E-state index in [1.165, 1.54) is 0 Å². The molecular weight excluding hydrogens is 198 g/mol. The van der Waals surface area contributed by atoms with Gasteiger partial charge in [0, 0.05) is 11.7 Å². The van der Waals surface area contributed by atoms with Gasteiger partial charge in [-0.25, -0.2) is 0 Å². The average molecular weight is 219 g/mol. The van der Waals surface area contributed by atoms with Crippen LogP contribution in [-0.4, -0.2) is 4.57 Å². The Bertz CT molecular complexity index is 396. The highest BCUT2D eigenvalue weighted by Gasteiger charge is 2.17. The lowest BCUT2D eigenvalue weighted by atomic mass is 10.1. The van der Waals surface area contributed by atoms with Gasteiger partial charge < -0.3 is 10.3 Å². The molecule has 0 aliphatic heterocycles. The van der Waals surface area contributed by atoms with E-state index in [-0.39, 0.29) is 0 Å². The molecule has 88 valence electrons. The predicted molar refractivity (Wildman–Crippen MR) is 67.1 cm³/mol. The highest BCUT2D eigenvalue weighted by atomic mass is 15.0. The number of hydrogen-bond acceptors (Lipinski definition) is 2. The average Bonchev–Trinajstić information content (AvgIpc) is 2.54. The Morgan fingerprint density at radius 3 is 2.50 bits per heavy atom. The summed E-state index contributed by atoms with van der Waals surface area (Å²) in [5, 5.41) is 9.11. The van der Waals surface area contributed by atoms with Crippen LogP contribution < -0.4 is 5.73 Å². The summed E-state index contributed by atoms with van der Waals surface area (Å²) >= 11 is 0. The van der Waals surface area contributed by atoms with Gasteiger partial charge in [0.25, 0.3) is 0 Å². The lowest BCUT2D eigenvalue weighted by Gasteiger charge is -2.18. The normalized spacial score (nSPS) is 12.8. The molecular formula is C13H21N3. The number of rotatable bonds is 4. The molecule has 0 bridgehead atoms. The van der Waals surface area contributed by atoms with Crippen LogP contribution in [0.15, 0.2) is 6.07 Å². The van der Waals surface area contributed by atoms with Gasteiger partial charge in [-0.3, -0.25) is 0 Å². The van der Waals surface area contributed by atoms with Crippen LogP contribution in [0.1, 0.15) is 51.5 Å². The molecule has 1 heterocycles. The largest absolute Gasteiger partial charge is 0.397 e. The van der Waals surface area contributed by atoms with E-state index in [0.717, 1.165) is 24.2 Å². The van der Waals surface area contributed by atoms with Crippen LogP contribution in [0.3, 0.4) is 0 Å². The topological polar surface area (TPSA) is 54.7 Å². The third kappa shape index (κ3) is 2.38. The van der Waals surface area contributed by atoms with E-state index in [4.69, 9.17) is 11.0 Å². The third-order valence-electron chi connectivity index (χ3n) is 2.92. The molecule has 0 spiro atoms. The first-order chi connectivity index (χ1) is 7.51. The fourth-order valence-electron chi connectivity index (χ4n) is 1.96. The van der Waals surface area contributed by atoms with Crippen LogP contribution in [0, 0.1) is 17.2 Å². The van der Waals surface area contributed by atoms with Gasteiger partial charge in [0.05, 0.1) is 5.69 Å². The van der Waals surface area contributed by atoms with Crippen LogP contribution in [0.2, 0.25) is 0 Å². The minimum atomic E-state index is 0.334. The molecule has 2 N–H and O–H groups in total. The SMILES string of the molecule is CC[C@@H](C)n1c(C#N)cc(N)c1CC(C)C. The molecule has 0 radical (unpaired) electrons. The van der Waals surface area contributed by atoms with Crippen molar-refractivity contribution in [3.63, 3.8) is 0 Å². The maximum atomic E-state index is 9.11. The van der Waals surface area contributed by atoms with Gasteiger partial charge in [0.2, 0.25) is 0 Å². The van der Waals surface area contributed by atoms with Gasteiger partial charge in [-0.15, -0.1) is 0 Å². The van der Waals surface area contributed by atoms with Crippen molar-refractivity contribution in [2.75, 3.05) is 5.73 Å². The summed E-state index contributed by atoms with van der Waals surface area (Å²) in [5.41, 5.74) is 8.54. The molecule has 0 amide bonds. The molecule has 0 aromatic carbocycles. The van der Waals surface area contributed by atoms with Crippen molar-refractivity contribution in [2.45, 2.75) is 46.6 Å². The minimum absolute atomic E-state index is 0.334. The maximum absolute atomic E-state index is 9.11. The fraction of sp³-hybridized carbons (Fsp3) is 0.615. The van der Waals surface area contributed by atoms with E-state index >= 15 is 0 Å². The molecule has 1 aromatic heterocycles. The second-order valence-electron chi connectivity index (χ2n) is 4.77. The standard InChI is InChI=1S/C13H21N3/c1-5-10(4)16-11(8-14)7-12(15)13(16)6-9(2)3/h7,9-10H,5-6,15H2,1-4H3/t10-/m1/s1. The van der Waals surface area contributed by atoms with Crippen LogP contribution in [-0.2, 0) is 6.42 Å². The zero-order valence-electron chi connectivity index (χ0n) is 10.6. The van der Waals surface area contributed by atoms with Gasteiger partial charge in [-0.05, 0) is 31.7 Å². The Labute approximate surface area is 97.9 Å². The molecule has 1 atom stereocenters. The summed E-state index contributed by atoms with van der Waals surface area (Å²) < 4.78 is 2.09. The molecule has 3 heteroatoms. The summed E-state index contributed by atoms with van der Waals surface area (Å²) in [6.45, 7) is 8.59. The van der Waals surface area contributed by atoms with E-state index < -0.39 is 0 Å². The second kappa shape index (κ2) is 5.07. The molecule has 0 unspecified atom stereocenters. The lowest BCUT2D eigenvalue weighted by Crippen LogP contribution is -2.12. The predicted octanol–water partition coefficient (Wildman–Crippen LogP) is 3.11. The summed E-state index contributed by atoms with van der Waals surface area (Å²) in [7, 11) is 0. The summed E-state index contributed by atoms with van der Waals surface area (Å²) in [4.78, 5) is 0. The maximum Gasteiger partial charge on any atom is 0.122 e. The molecule has 0 fully saturated rings. The fourth-order valence-corrected chi connectivity index (χ4v) is 1.96. The highest BCUT2D eigenvalue weighted by Crippen LogP contribution is 2.26. The summed E-state index contributed by atoms with van der Waals surface area (Å²) in [5.74, 6) is 0.548. The van der Waals surface area contributed by atoms with Gasteiger partial charge in [-0.2, -0.15) is 5.26 Å². The third-order valence-corrected chi connectivity index (χ3v) is 2.92. The Morgan fingerprint density at radius 2 is 2.06 bits per heavy atom. The second-order valence-corrected chi connectivity index (χ2v) is 4.77.